The molecule has 4 fully saturated rings. The minimum absolute atomic E-state index is 0.0176. The molecule has 16 atom stereocenters. The lowest BCUT2D eigenvalue weighted by Crippen LogP contribution is -2.69. The van der Waals surface area contributed by atoms with E-state index in [0.29, 0.717) is 19.8 Å². The van der Waals surface area contributed by atoms with Crippen molar-refractivity contribution in [1.29, 1.82) is 0 Å². The molecule has 4 aliphatic rings. The number of aliphatic hydroxyl groups is 6. The molecule has 0 aromatic heterocycles. The highest BCUT2D eigenvalue weighted by Gasteiger charge is 2.53. The molecular formula is C29H56FN9O12S. The van der Waals surface area contributed by atoms with Gasteiger partial charge in [0, 0.05) is 45.3 Å². The quantitative estimate of drug-likeness (QED) is 0.0543. The number of halogens is 1. The molecule has 3 saturated heterocycles. The van der Waals surface area contributed by atoms with Gasteiger partial charge in [-0.3, -0.25) is 15.1 Å². The second-order valence-corrected chi connectivity index (χ2v) is 13.7. The Bertz CT molecular complexity index is 1130. The fourth-order valence-electron chi connectivity index (χ4n) is 6.47. The van der Waals surface area contributed by atoms with Gasteiger partial charge in [0.05, 0.1) is 31.4 Å². The monoisotopic (exact) mass is 773 g/mol. The number of hydrazine groups is 1. The fourth-order valence-corrected chi connectivity index (χ4v) is 6.64. The highest BCUT2D eigenvalue weighted by Crippen LogP contribution is 2.33. The average molecular weight is 774 g/mol. The van der Waals surface area contributed by atoms with E-state index in [1.165, 1.54) is 0 Å². The molecule has 3 heterocycles. The Kier molecular flexibility index (Phi) is 16.9. The highest BCUT2D eigenvalue weighted by atomic mass is 32.1. The number of nitrogens with zero attached hydrogens (tertiary/aromatic N) is 1. The Labute approximate surface area is 305 Å². The molecular weight excluding hydrogens is 717 g/mol. The van der Waals surface area contributed by atoms with E-state index in [-0.39, 0.29) is 37.6 Å². The minimum atomic E-state index is -2.23. The molecule has 1 aliphatic carbocycles. The van der Waals surface area contributed by atoms with E-state index >= 15 is 4.39 Å². The predicted molar refractivity (Wildman–Crippen MR) is 182 cm³/mol. The van der Waals surface area contributed by atoms with Crippen molar-refractivity contribution >= 4 is 23.2 Å². The number of nitrogens with one attached hydrogen (secondary N) is 4. The Morgan fingerprint density at radius 2 is 1.60 bits per heavy atom. The lowest BCUT2D eigenvalue weighted by atomic mass is 9.84. The third-order valence-corrected chi connectivity index (χ3v) is 9.85. The smallest absolute Gasteiger partial charge is 0.249 e. The van der Waals surface area contributed by atoms with Gasteiger partial charge in [-0.25, -0.2) is 9.82 Å². The minimum Gasteiger partial charge on any atom is -0.389 e. The normalized spacial score (nSPS) is 40.9. The van der Waals surface area contributed by atoms with Crippen LogP contribution in [0.25, 0.3) is 0 Å². The lowest BCUT2D eigenvalue weighted by Gasteiger charge is -2.48. The average Bonchev–Trinajstić information content (AvgIpc) is 3.12. The van der Waals surface area contributed by atoms with Crippen molar-refractivity contribution in [3.05, 3.63) is 0 Å². The lowest BCUT2D eigenvalue weighted by molar-refractivity contribution is -0.326. The number of ether oxygens (including phenoxy) is 5. The van der Waals surface area contributed by atoms with Gasteiger partial charge in [-0.1, -0.05) is 0 Å². The molecule has 0 spiro atoms. The number of hydrogen-bond donors (Lipinski definition) is 14. The van der Waals surface area contributed by atoms with Crippen LogP contribution in [0.4, 0.5) is 4.39 Å². The SMILES string of the molecule is NCC[C@H](O)C(=O)N[C@@H]1C[C@@H](N)[C@@H](O[C@@H]2O[C@H](CN)[C@@H](O)[C@H](O)[C@H]2O)[C@H](F)[C@@H]1O[C@@H]1O[C@@H](CNNC(=S)NCCN2CCOCC2)[C@H](O)[C@@H](N)[C@@H]1O. The molecule has 1 amide bonds. The van der Waals surface area contributed by atoms with E-state index in [1.54, 1.807) is 0 Å². The van der Waals surface area contributed by atoms with Crippen LogP contribution in [0.2, 0.25) is 0 Å². The molecule has 0 bridgehead atoms. The van der Waals surface area contributed by atoms with Gasteiger partial charge >= 0.3 is 0 Å². The van der Waals surface area contributed by atoms with Gasteiger partial charge in [-0.15, -0.1) is 0 Å². The number of alkyl halides is 1. The molecule has 1 saturated carbocycles. The van der Waals surface area contributed by atoms with Gasteiger partial charge in [0.25, 0.3) is 0 Å². The number of carbonyl (C=O) groups excluding carboxylic acids is 1. The summed E-state index contributed by atoms with van der Waals surface area (Å²) in [6.07, 6.45) is -21.2. The third kappa shape index (κ3) is 11.0. The van der Waals surface area contributed by atoms with Gasteiger partial charge in [0.15, 0.2) is 23.9 Å². The first kappa shape index (κ1) is 43.1. The first-order valence-corrected chi connectivity index (χ1v) is 17.8. The molecule has 0 radical (unpaired) electrons. The Hall–Kier alpha value is -1.59. The van der Waals surface area contributed by atoms with Crippen LogP contribution in [-0.2, 0) is 28.5 Å². The summed E-state index contributed by atoms with van der Waals surface area (Å²) in [5, 5.41) is 68.8. The number of rotatable bonds is 15. The molecule has 21 nitrogen and oxygen atoms in total. The first-order valence-electron chi connectivity index (χ1n) is 17.4. The van der Waals surface area contributed by atoms with Crippen molar-refractivity contribution in [2.75, 3.05) is 59.0 Å². The summed E-state index contributed by atoms with van der Waals surface area (Å²) in [5.41, 5.74) is 29.1. The van der Waals surface area contributed by atoms with Crippen molar-refractivity contribution in [2.24, 2.45) is 22.9 Å². The topological polar surface area (TPSA) is 340 Å². The maximum atomic E-state index is 16.6. The Morgan fingerprint density at radius 1 is 0.942 bits per heavy atom. The van der Waals surface area contributed by atoms with Crippen molar-refractivity contribution < 1.29 is 63.5 Å². The van der Waals surface area contributed by atoms with Gasteiger partial charge in [0.1, 0.15) is 54.9 Å². The van der Waals surface area contributed by atoms with E-state index < -0.39 is 104 Å². The number of thiocarbonyl (C=S) groups is 1. The zero-order valence-electron chi connectivity index (χ0n) is 28.7. The fraction of sp³-hybridized carbons (Fsp3) is 0.931. The largest absolute Gasteiger partial charge is 0.389 e. The van der Waals surface area contributed by atoms with Crippen LogP contribution in [0.3, 0.4) is 0 Å². The Morgan fingerprint density at radius 3 is 2.27 bits per heavy atom. The maximum absolute atomic E-state index is 16.6. The summed E-state index contributed by atoms with van der Waals surface area (Å²) in [6, 6.07) is -3.74. The summed E-state index contributed by atoms with van der Waals surface area (Å²) in [5.74, 6) is -0.892. The van der Waals surface area contributed by atoms with Gasteiger partial charge < -0.3 is 87.9 Å². The summed E-state index contributed by atoms with van der Waals surface area (Å²) in [6.45, 7) is 3.90. The van der Waals surface area contributed by atoms with Crippen LogP contribution in [0, 0.1) is 0 Å². The van der Waals surface area contributed by atoms with Gasteiger partial charge in [-0.05, 0) is 31.6 Å². The van der Waals surface area contributed by atoms with Crippen LogP contribution in [0.15, 0.2) is 0 Å². The molecule has 0 aromatic carbocycles. The zero-order valence-corrected chi connectivity index (χ0v) is 29.5. The second kappa shape index (κ2) is 20.4. The number of amides is 1. The zero-order chi connectivity index (χ0) is 38.1. The Balaban J connectivity index is 1.43. The summed E-state index contributed by atoms with van der Waals surface area (Å²) >= 11 is 5.30. The van der Waals surface area contributed by atoms with E-state index in [2.05, 4.69) is 26.4 Å². The summed E-state index contributed by atoms with van der Waals surface area (Å²) in [7, 11) is 0. The molecule has 52 heavy (non-hydrogen) atoms. The number of aliphatic hydroxyl groups excluding tert-OH is 6. The van der Waals surface area contributed by atoms with E-state index in [0.717, 1.165) is 19.6 Å². The number of hydrogen-bond acceptors (Lipinski definition) is 19. The predicted octanol–water partition coefficient (Wildman–Crippen LogP) is -8.14. The molecule has 23 heteroatoms. The van der Waals surface area contributed by atoms with Crippen molar-refractivity contribution in [3.8, 4) is 0 Å². The van der Waals surface area contributed by atoms with Crippen molar-refractivity contribution in [1.82, 2.24) is 26.4 Å². The molecule has 0 unspecified atom stereocenters. The van der Waals surface area contributed by atoms with Crippen LogP contribution < -0.4 is 44.4 Å². The van der Waals surface area contributed by atoms with E-state index in [9.17, 15) is 35.4 Å². The number of morpholine rings is 1. The number of carbonyl (C=O) groups is 1. The second-order valence-electron chi connectivity index (χ2n) is 13.3. The highest BCUT2D eigenvalue weighted by molar-refractivity contribution is 7.80. The van der Waals surface area contributed by atoms with Crippen LogP contribution in [0.5, 0.6) is 0 Å². The molecule has 302 valence electrons. The van der Waals surface area contributed by atoms with E-state index in [1.807, 2.05) is 0 Å². The third-order valence-electron chi connectivity index (χ3n) is 9.61. The summed E-state index contributed by atoms with van der Waals surface area (Å²) < 4.78 is 45.0. The molecule has 4 rings (SSSR count). The number of nitrogens with two attached hydrogens (primary N) is 4. The maximum Gasteiger partial charge on any atom is 0.249 e. The van der Waals surface area contributed by atoms with Crippen molar-refractivity contribution in [2.45, 2.75) is 111 Å². The standard InChI is InChI=1S/C29H56FN9O12S/c30-17-24(50-28-23(45)22(44)20(42)15(10-32)48-28)12(33)9-13(37-26(46)14(40)1-2-31)25(17)51-27-21(43)18(34)19(41)16(49-27)11-36-38-29(52)35-3-4-39-5-7-47-8-6-39/h12-25,27-28,36,40-45H,1-11,31-34H2,(H,37,46)(H2,35,38,52)/t12-,13-,14+,15-,16+,17+,18-,19+,20-,21+,22+,23-,24-,25-,27+,28+/m1/s1. The van der Waals surface area contributed by atoms with Crippen LogP contribution in [-0.4, -0.2) is 204 Å². The van der Waals surface area contributed by atoms with Crippen LogP contribution >= 0.6 is 12.2 Å². The van der Waals surface area contributed by atoms with Crippen LogP contribution in [0.1, 0.15) is 12.8 Å². The molecule has 3 aliphatic heterocycles. The molecule has 0 aromatic rings. The first-order chi connectivity index (χ1) is 24.8. The van der Waals surface area contributed by atoms with Gasteiger partial charge in [0.2, 0.25) is 5.91 Å². The van der Waals surface area contributed by atoms with Gasteiger partial charge in [-0.2, -0.15) is 0 Å². The van der Waals surface area contributed by atoms with Crippen molar-refractivity contribution in [3.63, 3.8) is 0 Å². The summed E-state index contributed by atoms with van der Waals surface area (Å²) in [4.78, 5) is 15.0. The molecule has 18 N–H and O–H groups in total. The van der Waals surface area contributed by atoms with E-state index in [4.69, 9.17) is 58.8 Å².